The minimum absolute atomic E-state index is 0.152. The van der Waals surface area contributed by atoms with E-state index in [0.717, 1.165) is 0 Å². The number of fused-ring (bicyclic) bond motifs is 1. The monoisotopic (exact) mass is 317 g/mol. The first-order valence-corrected chi connectivity index (χ1v) is 8.88. The van der Waals surface area contributed by atoms with Crippen molar-refractivity contribution in [3.05, 3.63) is 70.6 Å². The molecule has 0 aromatic heterocycles. The largest absolute Gasteiger partial charge is 0.0642 e. The van der Waals surface area contributed by atoms with Crippen LogP contribution in [-0.4, -0.2) is 0 Å². The molecular weight excluding hydrogens is 288 g/mol. The van der Waals surface area contributed by atoms with Gasteiger partial charge in [0, 0.05) is 6.42 Å². The molecule has 0 atom stereocenters. The van der Waals surface area contributed by atoms with Gasteiger partial charge in [-0.1, -0.05) is 89.6 Å². The molecule has 0 N–H and O–H groups in total. The van der Waals surface area contributed by atoms with Crippen molar-refractivity contribution in [2.45, 2.75) is 59.3 Å². The lowest BCUT2D eigenvalue weighted by atomic mass is 9.82. The Hall–Kier alpha value is -1.82. The minimum Gasteiger partial charge on any atom is -0.0642 e. The van der Waals surface area contributed by atoms with Crippen LogP contribution in [0.4, 0.5) is 0 Å². The van der Waals surface area contributed by atoms with Gasteiger partial charge in [0.25, 0.3) is 0 Å². The molecule has 0 saturated heterocycles. The van der Waals surface area contributed by atoms with Gasteiger partial charge in [-0.25, -0.2) is 0 Å². The maximum absolute atomic E-state index is 2.38. The molecule has 0 amide bonds. The van der Waals surface area contributed by atoms with Crippen molar-refractivity contribution < 1.29 is 0 Å². The Bertz CT molecular complexity index is 788. The molecule has 0 fully saturated rings. The predicted molar refractivity (Wildman–Crippen MR) is 106 cm³/mol. The van der Waals surface area contributed by atoms with Crippen LogP contribution in [0.5, 0.6) is 0 Å². The topological polar surface area (TPSA) is 0 Å². The molecule has 2 aromatic rings. The van der Waals surface area contributed by atoms with Crippen LogP contribution >= 0.6 is 0 Å². The molecule has 0 nitrogen and oxygen atoms in total. The Morgan fingerprint density at radius 2 is 1.29 bits per heavy atom. The van der Waals surface area contributed by atoms with Crippen LogP contribution in [0.25, 0.3) is 17.2 Å². The molecule has 0 spiro atoms. The summed E-state index contributed by atoms with van der Waals surface area (Å²) in [6.45, 7) is 15.8. The molecule has 0 unspecified atom stereocenters. The molecule has 0 saturated carbocycles. The van der Waals surface area contributed by atoms with Crippen molar-refractivity contribution in [3.63, 3.8) is 0 Å². The normalized spacial score (nSPS) is 14.5. The van der Waals surface area contributed by atoms with Crippen molar-refractivity contribution in [1.29, 1.82) is 0 Å². The second-order valence-electron chi connectivity index (χ2n) is 9.14. The van der Waals surface area contributed by atoms with Crippen LogP contribution in [0.15, 0.2) is 42.0 Å². The summed E-state index contributed by atoms with van der Waals surface area (Å²) >= 11 is 0. The van der Waals surface area contributed by atoms with Gasteiger partial charge in [-0.05, 0) is 51.1 Å². The highest BCUT2D eigenvalue weighted by Crippen LogP contribution is 2.39. The van der Waals surface area contributed by atoms with Gasteiger partial charge in [-0.2, -0.15) is 0 Å². The van der Waals surface area contributed by atoms with Gasteiger partial charge in [0.05, 0.1) is 0 Å². The maximum atomic E-state index is 2.38. The average Bonchev–Trinajstić information content (AvgIpc) is 2.84. The molecule has 0 heterocycles. The fourth-order valence-electron chi connectivity index (χ4n) is 3.29. The first kappa shape index (κ1) is 17.0. The molecule has 0 bridgehead atoms. The van der Waals surface area contributed by atoms with E-state index in [2.05, 4.69) is 97.4 Å². The summed E-state index contributed by atoms with van der Waals surface area (Å²) in [6, 6.07) is 13.9. The molecule has 3 rings (SSSR count). The highest BCUT2D eigenvalue weighted by atomic mass is 14.3. The summed E-state index contributed by atoms with van der Waals surface area (Å²) in [7, 11) is 0. The number of rotatable bonds is 1. The second-order valence-corrected chi connectivity index (χ2v) is 9.14. The third kappa shape index (κ3) is 3.20. The van der Waals surface area contributed by atoms with Gasteiger partial charge in [-0.3, -0.25) is 0 Å². The van der Waals surface area contributed by atoms with Crippen LogP contribution in [0, 0.1) is 6.42 Å². The lowest BCUT2D eigenvalue weighted by Gasteiger charge is -2.23. The maximum Gasteiger partial charge on any atom is 0.0161 e. The molecule has 1 aliphatic rings. The van der Waals surface area contributed by atoms with Crippen LogP contribution in [0.1, 0.15) is 70.7 Å². The van der Waals surface area contributed by atoms with Gasteiger partial charge in [0.15, 0.2) is 0 Å². The van der Waals surface area contributed by atoms with E-state index < -0.39 is 0 Å². The van der Waals surface area contributed by atoms with Crippen molar-refractivity contribution in [2.75, 3.05) is 0 Å². The van der Waals surface area contributed by atoms with E-state index in [0.29, 0.717) is 0 Å². The predicted octanol–water partition coefficient (Wildman–Crippen LogP) is 6.92. The zero-order valence-electron chi connectivity index (χ0n) is 16.1. The zero-order valence-corrected chi connectivity index (χ0v) is 16.1. The Morgan fingerprint density at radius 3 is 1.83 bits per heavy atom. The van der Waals surface area contributed by atoms with Crippen molar-refractivity contribution in [2.24, 2.45) is 0 Å². The molecule has 1 radical (unpaired) electrons. The van der Waals surface area contributed by atoms with Crippen molar-refractivity contribution in [1.82, 2.24) is 0 Å². The van der Waals surface area contributed by atoms with Gasteiger partial charge in [-0.15, -0.1) is 0 Å². The Balaban J connectivity index is 2.15. The van der Waals surface area contributed by atoms with Crippen molar-refractivity contribution >= 4 is 6.08 Å². The standard InChI is InChI=1S/C24H29/c1-16-12-18-14-20(24(5,6)7)15-22(21(18)13-16)17-8-10-19(11-9-17)23(2,3)4/h8-15H,1-7H3. The summed E-state index contributed by atoms with van der Waals surface area (Å²) in [6.07, 6.45) is 4.62. The van der Waals surface area contributed by atoms with Crippen molar-refractivity contribution in [3.8, 4) is 11.1 Å². The molecule has 2 aromatic carbocycles. The highest BCUT2D eigenvalue weighted by Gasteiger charge is 2.22. The summed E-state index contributed by atoms with van der Waals surface area (Å²) in [5.41, 5.74) is 9.85. The van der Waals surface area contributed by atoms with Crippen LogP contribution < -0.4 is 0 Å². The molecule has 0 aliphatic heterocycles. The van der Waals surface area contributed by atoms with E-state index in [1.165, 1.54) is 39.0 Å². The third-order valence-corrected chi connectivity index (χ3v) is 4.90. The number of allylic oxidation sites excluding steroid dienone is 1. The summed E-state index contributed by atoms with van der Waals surface area (Å²) < 4.78 is 0. The zero-order chi connectivity index (χ0) is 17.7. The van der Waals surface area contributed by atoms with E-state index in [9.17, 15) is 0 Å². The Kier molecular flexibility index (Phi) is 3.98. The molecule has 24 heavy (non-hydrogen) atoms. The molecule has 125 valence electrons. The lowest BCUT2D eigenvalue weighted by Crippen LogP contribution is -2.12. The van der Waals surface area contributed by atoms with Crippen LogP contribution in [0.2, 0.25) is 0 Å². The first-order chi connectivity index (χ1) is 11.1. The van der Waals surface area contributed by atoms with E-state index in [1.54, 1.807) is 0 Å². The Labute approximate surface area is 147 Å². The molecular formula is C24H29. The van der Waals surface area contributed by atoms with Crippen LogP contribution in [0.3, 0.4) is 0 Å². The van der Waals surface area contributed by atoms with Gasteiger partial charge in [0.2, 0.25) is 0 Å². The van der Waals surface area contributed by atoms with E-state index in [-0.39, 0.29) is 10.8 Å². The first-order valence-electron chi connectivity index (χ1n) is 8.88. The average molecular weight is 317 g/mol. The number of hydrogen-bond acceptors (Lipinski definition) is 0. The van der Waals surface area contributed by atoms with Gasteiger partial charge in [0.1, 0.15) is 0 Å². The van der Waals surface area contributed by atoms with Gasteiger partial charge < -0.3 is 0 Å². The quantitative estimate of drug-likeness (QED) is 0.535. The SMILES string of the molecule is CC1=Cc2c(cc(C(C)(C)C)cc2-c2ccc(C(C)(C)C)cc2)[CH]1. The lowest BCUT2D eigenvalue weighted by molar-refractivity contribution is 0.590. The number of benzene rings is 2. The second kappa shape index (κ2) is 5.62. The number of hydrogen-bond donors (Lipinski definition) is 0. The molecule has 1 aliphatic carbocycles. The smallest absolute Gasteiger partial charge is 0.0161 e. The Morgan fingerprint density at radius 1 is 0.708 bits per heavy atom. The van der Waals surface area contributed by atoms with E-state index >= 15 is 0 Å². The minimum atomic E-state index is 0.152. The third-order valence-electron chi connectivity index (χ3n) is 4.90. The van der Waals surface area contributed by atoms with Crippen LogP contribution in [-0.2, 0) is 10.8 Å². The summed E-state index contributed by atoms with van der Waals surface area (Å²) in [4.78, 5) is 0. The van der Waals surface area contributed by atoms with Gasteiger partial charge >= 0.3 is 0 Å². The summed E-state index contributed by atoms with van der Waals surface area (Å²) in [5.74, 6) is 0. The fourth-order valence-corrected chi connectivity index (χ4v) is 3.29. The fraction of sp³-hybridized carbons (Fsp3) is 0.375. The van der Waals surface area contributed by atoms with E-state index in [1.807, 2.05) is 0 Å². The van der Waals surface area contributed by atoms with E-state index in [4.69, 9.17) is 0 Å². The highest BCUT2D eigenvalue weighted by molar-refractivity contribution is 5.84. The molecule has 0 heteroatoms. The summed E-state index contributed by atoms with van der Waals surface area (Å²) in [5, 5.41) is 0.